The van der Waals surface area contributed by atoms with Gasteiger partial charge in [-0.15, -0.1) is 0 Å². The van der Waals surface area contributed by atoms with Gasteiger partial charge in [0.15, 0.2) is 0 Å². The molecule has 1 aliphatic rings. The Kier molecular flexibility index (Phi) is 7.11. The van der Waals surface area contributed by atoms with Gasteiger partial charge in [0.2, 0.25) is 15.9 Å². The first-order chi connectivity index (χ1) is 11.9. The van der Waals surface area contributed by atoms with Gasteiger partial charge in [-0.25, -0.2) is 8.42 Å². The van der Waals surface area contributed by atoms with Crippen molar-refractivity contribution in [3.8, 4) is 5.75 Å². The Balaban J connectivity index is 2.10. The van der Waals surface area contributed by atoms with Crippen molar-refractivity contribution in [3.05, 3.63) is 24.3 Å². The van der Waals surface area contributed by atoms with Crippen LogP contribution in [-0.2, 0) is 14.8 Å². The minimum Gasteiger partial charge on any atom is -0.495 e. The van der Waals surface area contributed by atoms with Crippen LogP contribution in [0.1, 0.15) is 44.9 Å². The van der Waals surface area contributed by atoms with E-state index in [1.54, 1.807) is 24.3 Å². The summed E-state index contributed by atoms with van der Waals surface area (Å²) >= 11 is 0. The molecule has 25 heavy (non-hydrogen) atoms. The Morgan fingerprint density at radius 2 is 1.76 bits per heavy atom. The molecule has 2 rings (SSSR count). The molecule has 1 fully saturated rings. The first kappa shape index (κ1) is 19.6. The van der Waals surface area contributed by atoms with Gasteiger partial charge in [0.1, 0.15) is 12.3 Å². The SMILES string of the molecule is COc1ccccc1N(CC(=O)NC1CCCCCCC1)S(C)(=O)=O. The van der Waals surface area contributed by atoms with Gasteiger partial charge in [-0.1, -0.05) is 44.2 Å². The number of sulfonamides is 1. The first-order valence-electron chi connectivity index (χ1n) is 8.82. The maximum absolute atomic E-state index is 12.5. The first-order valence-corrected chi connectivity index (χ1v) is 10.7. The molecule has 0 saturated heterocycles. The molecule has 7 heteroatoms. The van der Waals surface area contributed by atoms with E-state index in [0.717, 1.165) is 36.2 Å². The zero-order chi connectivity index (χ0) is 18.3. The molecule has 0 aliphatic heterocycles. The number of nitrogens with one attached hydrogen (secondary N) is 1. The minimum atomic E-state index is -3.61. The number of amides is 1. The molecule has 1 aromatic carbocycles. The number of nitrogens with zero attached hydrogens (tertiary/aromatic N) is 1. The quantitative estimate of drug-likeness (QED) is 0.838. The van der Waals surface area contributed by atoms with E-state index in [0.29, 0.717) is 11.4 Å². The van der Waals surface area contributed by atoms with Crippen molar-refractivity contribution in [2.45, 2.75) is 51.0 Å². The number of carbonyl (C=O) groups is 1. The summed E-state index contributed by atoms with van der Waals surface area (Å²) in [6, 6.07) is 6.94. The molecule has 6 nitrogen and oxygen atoms in total. The van der Waals surface area contributed by atoms with Crippen LogP contribution in [0.5, 0.6) is 5.75 Å². The van der Waals surface area contributed by atoms with E-state index in [4.69, 9.17) is 4.74 Å². The van der Waals surface area contributed by atoms with Gasteiger partial charge < -0.3 is 10.1 Å². The fourth-order valence-electron chi connectivity index (χ4n) is 3.22. The number of hydrogen-bond acceptors (Lipinski definition) is 4. The summed E-state index contributed by atoms with van der Waals surface area (Å²) in [4.78, 5) is 12.5. The summed E-state index contributed by atoms with van der Waals surface area (Å²) in [7, 11) is -2.13. The predicted octanol–water partition coefficient (Wildman–Crippen LogP) is 2.69. The lowest BCUT2D eigenvalue weighted by atomic mass is 9.97. The van der Waals surface area contributed by atoms with E-state index < -0.39 is 10.0 Å². The lowest BCUT2D eigenvalue weighted by molar-refractivity contribution is -0.120. The highest BCUT2D eigenvalue weighted by Crippen LogP contribution is 2.29. The molecule has 1 amide bonds. The second-order valence-electron chi connectivity index (χ2n) is 6.55. The van der Waals surface area contributed by atoms with Crippen molar-refractivity contribution in [3.63, 3.8) is 0 Å². The summed E-state index contributed by atoms with van der Waals surface area (Å²) in [6.07, 6.45) is 8.88. The molecule has 0 spiro atoms. The van der Waals surface area contributed by atoms with E-state index in [1.165, 1.54) is 26.4 Å². The number of ether oxygens (including phenoxy) is 1. The Bertz CT molecular complexity index is 667. The van der Waals surface area contributed by atoms with Crippen molar-refractivity contribution in [1.82, 2.24) is 5.32 Å². The molecule has 1 aliphatic carbocycles. The van der Waals surface area contributed by atoms with Gasteiger partial charge in [-0.05, 0) is 25.0 Å². The molecule has 1 aromatic rings. The third-order valence-corrected chi connectivity index (χ3v) is 5.64. The molecule has 0 bridgehead atoms. The summed E-state index contributed by atoms with van der Waals surface area (Å²) in [5.41, 5.74) is 0.375. The minimum absolute atomic E-state index is 0.131. The van der Waals surface area contributed by atoms with Crippen LogP contribution in [-0.4, -0.2) is 40.3 Å². The van der Waals surface area contributed by atoms with Gasteiger partial charge in [-0.3, -0.25) is 9.10 Å². The molecule has 1 saturated carbocycles. The molecule has 0 radical (unpaired) electrons. The zero-order valence-corrected chi connectivity index (χ0v) is 15.8. The van der Waals surface area contributed by atoms with E-state index >= 15 is 0 Å². The number of rotatable bonds is 6. The number of methoxy groups -OCH3 is 1. The highest BCUT2D eigenvalue weighted by Gasteiger charge is 2.24. The van der Waals surface area contributed by atoms with Gasteiger partial charge in [-0.2, -0.15) is 0 Å². The van der Waals surface area contributed by atoms with E-state index in [1.807, 2.05) is 0 Å². The monoisotopic (exact) mass is 368 g/mol. The lowest BCUT2D eigenvalue weighted by Gasteiger charge is -2.26. The third kappa shape index (κ3) is 5.92. The van der Waals surface area contributed by atoms with Crippen LogP contribution in [0.4, 0.5) is 5.69 Å². The highest BCUT2D eigenvalue weighted by atomic mass is 32.2. The Morgan fingerprint density at radius 1 is 1.16 bits per heavy atom. The average Bonchev–Trinajstić information content (AvgIpc) is 2.54. The molecule has 0 heterocycles. The number of hydrogen-bond donors (Lipinski definition) is 1. The zero-order valence-electron chi connectivity index (χ0n) is 15.0. The van der Waals surface area contributed by atoms with Crippen LogP contribution < -0.4 is 14.4 Å². The fourth-order valence-corrected chi connectivity index (χ4v) is 4.08. The maximum Gasteiger partial charge on any atom is 0.240 e. The van der Waals surface area contributed by atoms with Crippen LogP contribution >= 0.6 is 0 Å². The van der Waals surface area contributed by atoms with Crippen LogP contribution in [0.25, 0.3) is 0 Å². The highest BCUT2D eigenvalue weighted by molar-refractivity contribution is 7.92. The molecule has 1 N–H and O–H groups in total. The maximum atomic E-state index is 12.5. The van der Waals surface area contributed by atoms with Crippen molar-refractivity contribution >= 4 is 21.6 Å². The second kappa shape index (κ2) is 9.08. The lowest BCUT2D eigenvalue weighted by Crippen LogP contribution is -2.44. The van der Waals surface area contributed by atoms with Crippen molar-refractivity contribution in [2.24, 2.45) is 0 Å². The van der Waals surface area contributed by atoms with Crippen molar-refractivity contribution < 1.29 is 17.9 Å². The van der Waals surface area contributed by atoms with Gasteiger partial charge in [0.05, 0.1) is 19.1 Å². The number of anilines is 1. The molecule has 0 unspecified atom stereocenters. The van der Waals surface area contributed by atoms with Crippen LogP contribution in [0.15, 0.2) is 24.3 Å². The molecule has 140 valence electrons. The van der Waals surface area contributed by atoms with E-state index in [9.17, 15) is 13.2 Å². The molecular formula is C18H28N2O4S. The van der Waals surface area contributed by atoms with Crippen LogP contribution in [0, 0.1) is 0 Å². The molecule has 0 atom stereocenters. The van der Waals surface area contributed by atoms with Crippen LogP contribution in [0.3, 0.4) is 0 Å². The Labute approximate surface area is 150 Å². The second-order valence-corrected chi connectivity index (χ2v) is 8.46. The molecular weight excluding hydrogens is 340 g/mol. The van der Waals surface area contributed by atoms with E-state index in [2.05, 4.69) is 5.32 Å². The smallest absolute Gasteiger partial charge is 0.240 e. The summed E-state index contributed by atoms with van der Waals surface area (Å²) < 4.78 is 30.8. The summed E-state index contributed by atoms with van der Waals surface area (Å²) in [5, 5.41) is 3.01. The average molecular weight is 368 g/mol. The Morgan fingerprint density at radius 3 is 2.36 bits per heavy atom. The van der Waals surface area contributed by atoms with Crippen molar-refractivity contribution in [1.29, 1.82) is 0 Å². The number of para-hydroxylation sites is 2. The summed E-state index contributed by atoms with van der Waals surface area (Å²) in [5.74, 6) is 0.147. The fraction of sp³-hybridized carbons (Fsp3) is 0.611. The largest absolute Gasteiger partial charge is 0.495 e. The van der Waals surface area contributed by atoms with Gasteiger partial charge in [0.25, 0.3) is 0 Å². The standard InChI is InChI=1S/C18H28N2O4S/c1-24-17-13-9-8-12-16(17)20(25(2,22)23)14-18(21)19-15-10-6-4-3-5-7-11-15/h8-9,12-13,15H,3-7,10-11,14H2,1-2H3,(H,19,21). The molecule has 0 aromatic heterocycles. The van der Waals surface area contributed by atoms with Gasteiger partial charge >= 0.3 is 0 Å². The van der Waals surface area contributed by atoms with E-state index in [-0.39, 0.29) is 18.5 Å². The number of benzene rings is 1. The topological polar surface area (TPSA) is 75.7 Å². The van der Waals surface area contributed by atoms with Crippen LogP contribution in [0.2, 0.25) is 0 Å². The normalized spacial score (nSPS) is 16.6. The van der Waals surface area contributed by atoms with Gasteiger partial charge in [0, 0.05) is 6.04 Å². The third-order valence-electron chi connectivity index (χ3n) is 4.51. The number of carbonyl (C=O) groups excluding carboxylic acids is 1. The Hall–Kier alpha value is -1.76. The van der Waals surface area contributed by atoms with Crippen molar-refractivity contribution in [2.75, 3.05) is 24.2 Å². The predicted molar refractivity (Wildman–Crippen MR) is 99.4 cm³/mol. The summed E-state index contributed by atoms with van der Waals surface area (Å²) in [6.45, 7) is -0.240.